The summed E-state index contributed by atoms with van der Waals surface area (Å²) in [4.78, 5) is 17.0. The number of anilines is 1. The van der Waals surface area contributed by atoms with E-state index in [2.05, 4.69) is 26.2 Å². The summed E-state index contributed by atoms with van der Waals surface area (Å²) >= 11 is 3.40. The van der Waals surface area contributed by atoms with E-state index >= 15 is 0 Å². The molecule has 106 valence electrons. The molecule has 0 aliphatic rings. The minimum Gasteiger partial charge on any atom is -0.321 e. The number of nitrogens with zero attached hydrogens (tertiary/aromatic N) is 2. The number of carbonyl (C=O) groups is 1. The van der Waals surface area contributed by atoms with Gasteiger partial charge in [-0.15, -0.1) is 0 Å². The highest BCUT2D eigenvalue weighted by molar-refractivity contribution is 9.10. The predicted molar refractivity (Wildman–Crippen MR) is 86.8 cm³/mol. The number of hydrogen-bond acceptors (Lipinski definition) is 2. The van der Waals surface area contributed by atoms with Crippen LogP contribution in [0.5, 0.6) is 0 Å². The second kappa shape index (κ2) is 5.33. The number of nitrogens with one attached hydrogen (secondary N) is 1. The topological polar surface area (TPSA) is 46.4 Å². The summed E-state index contributed by atoms with van der Waals surface area (Å²) in [6.45, 7) is 3.83. The number of aromatic nitrogens is 2. The van der Waals surface area contributed by atoms with Gasteiger partial charge in [0.1, 0.15) is 11.3 Å². The molecule has 1 N–H and O–H groups in total. The first-order chi connectivity index (χ1) is 10.1. The van der Waals surface area contributed by atoms with Crippen molar-refractivity contribution in [1.82, 2.24) is 9.38 Å². The lowest BCUT2D eigenvalue weighted by Crippen LogP contribution is -2.15. The Balaban J connectivity index is 2.02. The molecule has 1 aromatic carbocycles. The SMILES string of the molecule is Cc1nc2c(C)cccn2c1C(=O)Nc1cccc(Br)c1. The monoisotopic (exact) mass is 343 g/mol. The van der Waals surface area contributed by atoms with Crippen LogP contribution in [-0.4, -0.2) is 15.3 Å². The Kier molecular flexibility index (Phi) is 3.51. The molecule has 0 spiro atoms. The summed E-state index contributed by atoms with van der Waals surface area (Å²) in [7, 11) is 0. The van der Waals surface area contributed by atoms with Crippen molar-refractivity contribution in [2.45, 2.75) is 13.8 Å². The third-order valence-corrected chi connectivity index (χ3v) is 3.81. The molecular weight excluding hydrogens is 330 g/mol. The van der Waals surface area contributed by atoms with E-state index in [1.54, 1.807) is 0 Å². The fourth-order valence-corrected chi connectivity index (χ4v) is 2.75. The van der Waals surface area contributed by atoms with Crippen molar-refractivity contribution in [1.29, 1.82) is 0 Å². The van der Waals surface area contributed by atoms with E-state index in [9.17, 15) is 4.79 Å². The maximum atomic E-state index is 12.5. The molecule has 0 aliphatic carbocycles. The van der Waals surface area contributed by atoms with Gasteiger partial charge in [0, 0.05) is 16.4 Å². The average molecular weight is 344 g/mol. The van der Waals surface area contributed by atoms with E-state index < -0.39 is 0 Å². The van der Waals surface area contributed by atoms with E-state index in [1.807, 2.05) is 60.8 Å². The number of halogens is 1. The first kappa shape index (κ1) is 13.8. The molecule has 0 atom stereocenters. The molecule has 3 aromatic rings. The van der Waals surface area contributed by atoms with E-state index in [4.69, 9.17) is 0 Å². The number of fused-ring (bicyclic) bond motifs is 1. The van der Waals surface area contributed by atoms with Gasteiger partial charge in [0.25, 0.3) is 5.91 Å². The molecule has 0 saturated carbocycles. The number of pyridine rings is 1. The average Bonchev–Trinajstić information content (AvgIpc) is 2.76. The van der Waals surface area contributed by atoms with E-state index in [-0.39, 0.29) is 5.91 Å². The van der Waals surface area contributed by atoms with Crippen LogP contribution in [0, 0.1) is 13.8 Å². The third kappa shape index (κ3) is 2.56. The lowest BCUT2D eigenvalue weighted by Gasteiger charge is -2.06. The molecule has 0 saturated heterocycles. The first-order valence-corrected chi connectivity index (χ1v) is 7.37. The lowest BCUT2D eigenvalue weighted by atomic mass is 10.2. The molecule has 21 heavy (non-hydrogen) atoms. The Hall–Kier alpha value is -2.14. The lowest BCUT2D eigenvalue weighted by molar-refractivity contribution is 0.102. The van der Waals surface area contributed by atoms with Crippen molar-refractivity contribution in [3.8, 4) is 0 Å². The van der Waals surface area contributed by atoms with Gasteiger partial charge < -0.3 is 5.32 Å². The van der Waals surface area contributed by atoms with Crippen LogP contribution < -0.4 is 5.32 Å². The Labute approximate surface area is 131 Å². The summed E-state index contributed by atoms with van der Waals surface area (Å²) in [5, 5.41) is 2.91. The van der Waals surface area contributed by atoms with Gasteiger partial charge in [-0.1, -0.05) is 28.1 Å². The number of imidazole rings is 1. The molecule has 0 aliphatic heterocycles. The van der Waals surface area contributed by atoms with E-state index in [1.165, 1.54) is 0 Å². The molecule has 3 rings (SSSR count). The van der Waals surface area contributed by atoms with Crippen LogP contribution in [0.25, 0.3) is 5.65 Å². The second-order valence-corrected chi connectivity index (χ2v) is 5.81. The van der Waals surface area contributed by atoms with Gasteiger partial charge in [-0.05, 0) is 43.7 Å². The predicted octanol–water partition coefficient (Wildman–Crippen LogP) is 3.97. The number of benzene rings is 1. The quantitative estimate of drug-likeness (QED) is 0.765. The molecule has 1 amide bonds. The number of amides is 1. The third-order valence-electron chi connectivity index (χ3n) is 3.32. The zero-order chi connectivity index (χ0) is 15.0. The van der Waals surface area contributed by atoms with Crippen LogP contribution in [0.2, 0.25) is 0 Å². The van der Waals surface area contributed by atoms with E-state index in [0.717, 1.165) is 27.1 Å². The molecule has 2 aromatic heterocycles. The Morgan fingerprint density at radius 2 is 2.05 bits per heavy atom. The highest BCUT2D eigenvalue weighted by Crippen LogP contribution is 2.19. The largest absolute Gasteiger partial charge is 0.321 e. The molecule has 0 bridgehead atoms. The summed E-state index contributed by atoms with van der Waals surface area (Å²) in [6.07, 6.45) is 1.86. The van der Waals surface area contributed by atoms with Gasteiger partial charge in [-0.2, -0.15) is 0 Å². The van der Waals surface area contributed by atoms with Gasteiger partial charge in [0.05, 0.1) is 5.69 Å². The van der Waals surface area contributed by atoms with Crippen LogP contribution in [0.4, 0.5) is 5.69 Å². The van der Waals surface area contributed by atoms with Gasteiger partial charge in [-0.3, -0.25) is 9.20 Å². The number of carbonyl (C=O) groups excluding carboxylic acids is 1. The molecule has 0 fully saturated rings. The van der Waals surface area contributed by atoms with Crippen molar-refractivity contribution in [2.75, 3.05) is 5.32 Å². The van der Waals surface area contributed by atoms with Gasteiger partial charge >= 0.3 is 0 Å². The van der Waals surface area contributed by atoms with E-state index in [0.29, 0.717) is 5.69 Å². The number of aryl methyl sites for hydroxylation is 2. The minimum atomic E-state index is -0.163. The Morgan fingerprint density at radius 1 is 1.24 bits per heavy atom. The van der Waals surface area contributed by atoms with Crippen LogP contribution in [-0.2, 0) is 0 Å². The minimum absolute atomic E-state index is 0.163. The zero-order valence-electron chi connectivity index (χ0n) is 11.7. The Morgan fingerprint density at radius 3 is 2.81 bits per heavy atom. The highest BCUT2D eigenvalue weighted by atomic mass is 79.9. The second-order valence-electron chi connectivity index (χ2n) is 4.90. The van der Waals surface area contributed by atoms with Crippen molar-refractivity contribution in [3.63, 3.8) is 0 Å². The standard InChI is InChI=1S/C16H14BrN3O/c1-10-5-4-8-20-14(11(2)18-15(10)20)16(21)19-13-7-3-6-12(17)9-13/h3-9H,1-2H3,(H,19,21). The fourth-order valence-electron chi connectivity index (χ4n) is 2.35. The summed E-state index contributed by atoms with van der Waals surface area (Å²) in [5.41, 5.74) is 3.89. The summed E-state index contributed by atoms with van der Waals surface area (Å²) in [6, 6.07) is 11.4. The van der Waals surface area contributed by atoms with Gasteiger partial charge in [0.15, 0.2) is 0 Å². The van der Waals surface area contributed by atoms with Gasteiger partial charge in [-0.25, -0.2) is 4.98 Å². The normalized spacial score (nSPS) is 10.8. The maximum absolute atomic E-state index is 12.5. The van der Waals surface area contributed by atoms with Gasteiger partial charge in [0.2, 0.25) is 0 Å². The summed E-state index contributed by atoms with van der Waals surface area (Å²) in [5.74, 6) is -0.163. The summed E-state index contributed by atoms with van der Waals surface area (Å²) < 4.78 is 2.75. The van der Waals surface area contributed by atoms with Crippen molar-refractivity contribution in [2.24, 2.45) is 0 Å². The fraction of sp³-hybridized carbons (Fsp3) is 0.125. The molecule has 0 radical (unpaired) electrons. The van der Waals surface area contributed by atoms with Crippen LogP contribution in [0.15, 0.2) is 47.1 Å². The Bertz CT molecular complexity index is 839. The number of hydrogen-bond donors (Lipinski definition) is 1. The van der Waals surface area contributed by atoms with Crippen LogP contribution >= 0.6 is 15.9 Å². The molecule has 4 nitrogen and oxygen atoms in total. The van der Waals surface area contributed by atoms with Crippen molar-refractivity contribution in [3.05, 3.63) is 64.0 Å². The molecule has 2 heterocycles. The van der Waals surface area contributed by atoms with Crippen LogP contribution in [0.3, 0.4) is 0 Å². The highest BCUT2D eigenvalue weighted by Gasteiger charge is 2.17. The van der Waals surface area contributed by atoms with Crippen LogP contribution in [0.1, 0.15) is 21.7 Å². The zero-order valence-corrected chi connectivity index (χ0v) is 13.3. The first-order valence-electron chi connectivity index (χ1n) is 6.57. The smallest absolute Gasteiger partial charge is 0.274 e. The van der Waals surface area contributed by atoms with Crippen molar-refractivity contribution < 1.29 is 4.79 Å². The number of rotatable bonds is 2. The molecule has 5 heteroatoms. The molecular formula is C16H14BrN3O. The van der Waals surface area contributed by atoms with Crippen molar-refractivity contribution >= 4 is 33.2 Å². The maximum Gasteiger partial charge on any atom is 0.274 e. The molecule has 0 unspecified atom stereocenters.